The second kappa shape index (κ2) is 6.30. The average Bonchev–Trinajstić information content (AvgIpc) is 3.01. The molecule has 0 saturated heterocycles. The molecule has 1 aliphatic heterocycles. The van der Waals surface area contributed by atoms with Crippen LogP contribution >= 0.6 is 0 Å². The molecule has 0 radical (unpaired) electrons. The van der Waals surface area contributed by atoms with Crippen LogP contribution in [0.5, 0.6) is 5.75 Å². The second-order valence-electron chi connectivity index (χ2n) is 5.02. The van der Waals surface area contributed by atoms with Crippen LogP contribution in [0.2, 0.25) is 0 Å². The van der Waals surface area contributed by atoms with Crippen LogP contribution < -0.4 is 15.4 Å². The lowest BCUT2D eigenvalue weighted by molar-refractivity contribution is -0.115. The van der Waals surface area contributed by atoms with Crippen molar-refractivity contribution >= 4 is 17.5 Å². The van der Waals surface area contributed by atoms with E-state index >= 15 is 0 Å². The molecule has 2 aromatic rings. The largest absolute Gasteiger partial charge is 0.493 e. The van der Waals surface area contributed by atoms with Gasteiger partial charge in [-0.1, -0.05) is 18.2 Å². The molecular weight excluding hydrogens is 280 g/mol. The predicted molar refractivity (Wildman–Crippen MR) is 83.0 cm³/mol. The highest BCUT2D eigenvalue weighted by Crippen LogP contribution is 2.27. The normalized spacial score (nSPS) is 12.2. The van der Waals surface area contributed by atoms with Crippen LogP contribution in [0.25, 0.3) is 0 Å². The Morgan fingerprint density at radius 1 is 1.09 bits per heavy atom. The molecule has 3 rings (SSSR count). The van der Waals surface area contributed by atoms with Gasteiger partial charge in [0, 0.05) is 17.7 Å². The van der Waals surface area contributed by atoms with Gasteiger partial charge < -0.3 is 15.4 Å². The first-order valence-corrected chi connectivity index (χ1v) is 7.11. The lowest BCUT2D eigenvalue weighted by atomic mass is 10.1. The van der Waals surface area contributed by atoms with E-state index in [4.69, 9.17) is 4.74 Å². The number of ether oxygens (including phenoxy) is 1. The van der Waals surface area contributed by atoms with E-state index in [9.17, 15) is 9.59 Å². The molecule has 0 atom stereocenters. The topological polar surface area (TPSA) is 67.4 Å². The number of nitrogens with one attached hydrogen (secondary N) is 2. The minimum Gasteiger partial charge on any atom is -0.493 e. The SMILES string of the molecule is O=C(CNC(=O)c1ccccc1)Nc1ccc2c(c1)CCO2. The monoisotopic (exact) mass is 296 g/mol. The predicted octanol–water partition coefficient (Wildman–Crippen LogP) is 1.99. The summed E-state index contributed by atoms with van der Waals surface area (Å²) in [6.07, 6.45) is 0.851. The number of fused-ring (bicyclic) bond motifs is 1. The molecule has 0 aromatic heterocycles. The molecule has 1 aliphatic rings. The molecule has 0 spiro atoms. The second-order valence-corrected chi connectivity index (χ2v) is 5.02. The number of benzene rings is 2. The van der Waals surface area contributed by atoms with Crippen molar-refractivity contribution in [3.63, 3.8) is 0 Å². The van der Waals surface area contributed by atoms with E-state index < -0.39 is 0 Å². The number of carbonyl (C=O) groups excluding carboxylic acids is 2. The Kier molecular flexibility index (Phi) is 4.05. The molecule has 112 valence electrons. The number of rotatable bonds is 4. The smallest absolute Gasteiger partial charge is 0.251 e. The number of anilines is 1. The van der Waals surface area contributed by atoms with Crippen molar-refractivity contribution < 1.29 is 14.3 Å². The Balaban J connectivity index is 1.53. The maximum atomic E-state index is 11.9. The Bertz CT molecular complexity index is 698. The van der Waals surface area contributed by atoms with Crippen molar-refractivity contribution in [2.45, 2.75) is 6.42 Å². The number of hydrogen-bond donors (Lipinski definition) is 2. The van der Waals surface area contributed by atoms with Gasteiger partial charge in [0.25, 0.3) is 5.91 Å². The summed E-state index contributed by atoms with van der Waals surface area (Å²) in [6, 6.07) is 14.3. The maximum absolute atomic E-state index is 11.9. The van der Waals surface area contributed by atoms with E-state index in [1.807, 2.05) is 18.2 Å². The first-order valence-electron chi connectivity index (χ1n) is 7.11. The van der Waals surface area contributed by atoms with E-state index in [2.05, 4.69) is 10.6 Å². The summed E-state index contributed by atoms with van der Waals surface area (Å²) in [4.78, 5) is 23.7. The number of hydrogen-bond acceptors (Lipinski definition) is 3. The van der Waals surface area contributed by atoms with Gasteiger partial charge in [0.2, 0.25) is 5.91 Å². The fourth-order valence-corrected chi connectivity index (χ4v) is 2.32. The van der Waals surface area contributed by atoms with Crippen LogP contribution in [-0.4, -0.2) is 25.0 Å². The summed E-state index contributed by atoms with van der Waals surface area (Å²) in [6.45, 7) is 0.612. The number of carbonyl (C=O) groups is 2. The fourth-order valence-electron chi connectivity index (χ4n) is 2.32. The molecule has 2 N–H and O–H groups in total. The van der Waals surface area contributed by atoms with E-state index in [0.717, 1.165) is 17.7 Å². The minimum atomic E-state index is -0.266. The van der Waals surface area contributed by atoms with Crippen LogP contribution in [0.3, 0.4) is 0 Å². The van der Waals surface area contributed by atoms with Crippen molar-refractivity contribution in [1.29, 1.82) is 0 Å². The van der Waals surface area contributed by atoms with Gasteiger partial charge in [-0.05, 0) is 35.9 Å². The summed E-state index contributed by atoms with van der Waals surface area (Å²) in [5.74, 6) is 0.344. The van der Waals surface area contributed by atoms with E-state index in [-0.39, 0.29) is 18.4 Å². The molecule has 1 heterocycles. The Labute approximate surface area is 128 Å². The highest BCUT2D eigenvalue weighted by atomic mass is 16.5. The van der Waals surface area contributed by atoms with Crippen LogP contribution in [0.4, 0.5) is 5.69 Å². The highest BCUT2D eigenvalue weighted by molar-refractivity contribution is 5.99. The Hall–Kier alpha value is -2.82. The molecule has 0 fully saturated rings. The Morgan fingerprint density at radius 2 is 1.91 bits per heavy atom. The highest BCUT2D eigenvalue weighted by Gasteiger charge is 2.13. The third-order valence-corrected chi connectivity index (χ3v) is 3.42. The lowest BCUT2D eigenvalue weighted by Crippen LogP contribution is -2.32. The van der Waals surface area contributed by atoms with Crippen molar-refractivity contribution in [3.8, 4) is 5.75 Å². The van der Waals surface area contributed by atoms with Gasteiger partial charge in [-0.25, -0.2) is 0 Å². The first kappa shape index (κ1) is 14.1. The molecule has 0 unspecified atom stereocenters. The Morgan fingerprint density at radius 3 is 2.73 bits per heavy atom. The first-order chi connectivity index (χ1) is 10.7. The third-order valence-electron chi connectivity index (χ3n) is 3.42. The van der Waals surface area contributed by atoms with Gasteiger partial charge in [-0.2, -0.15) is 0 Å². The zero-order chi connectivity index (χ0) is 15.4. The van der Waals surface area contributed by atoms with Crippen LogP contribution in [0.1, 0.15) is 15.9 Å². The van der Waals surface area contributed by atoms with Crippen LogP contribution in [0.15, 0.2) is 48.5 Å². The summed E-state index contributed by atoms with van der Waals surface area (Å²) in [7, 11) is 0. The van der Waals surface area contributed by atoms with Gasteiger partial charge in [0.1, 0.15) is 5.75 Å². The van der Waals surface area contributed by atoms with Crippen LogP contribution in [-0.2, 0) is 11.2 Å². The van der Waals surface area contributed by atoms with Crippen LogP contribution in [0, 0.1) is 0 Å². The quantitative estimate of drug-likeness (QED) is 0.906. The van der Waals surface area contributed by atoms with Gasteiger partial charge >= 0.3 is 0 Å². The summed E-state index contributed by atoms with van der Waals surface area (Å²) < 4.78 is 5.42. The molecule has 2 amide bonds. The summed E-state index contributed by atoms with van der Waals surface area (Å²) in [5, 5.41) is 5.36. The van der Waals surface area contributed by atoms with Crippen molar-refractivity contribution in [2.75, 3.05) is 18.5 Å². The van der Waals surface area contributed by atoms with E-state index in [1.54, 1.807) is 30.3 Å². The van der Waals surface area contributed by atoms with Gasteiger partial charge in [-0.3, -0.25) is 9.59 Å². The van der Waals surface area contributed by atoms with Gasteiger partial charge in [-0.15, -0.1) is 0 Å². The molecule has 0 bridgehead atoms. The minimum absolute atomic E-state index is 0.0681. The molecule has 0 aliphatic carbocycles. The zero-order valence-electron chi connectivity index (χ0n) is 12.0. The maximum Gasteiger partial charge on any atom is 0.251 e. The average molecular weight is 296 g/mol. The van der Waals surface area contributed by atoms with Gasteiger partial charge in [0.05, 0.1) is 13.2 Å². The fraction of sp³-hybridized carbons (Fsp3) is 0.176. The third kappa shape index (κ3) is 3.25. The molecule has 5 nitrogen and oxygen atoms in total. The number of amides is 2. The lowest BCUT2D eigenvalue weighted by Gasteiger charge is -2.08. The van der Waals surface area contributed by atoms with Crippen molar-refractivity contribution in [2.24, 2.45) is 0 Å². The molecule has 5 heteroatoms. The zero-order valence-corrected chi connectivity index (χ0v) is 12.0. The molecular formula is C17H16N2O3. The summed E-state index contributed by atoms with van der Waals surface area (Å²) in [5.41, 5.74) is 2.33. The van der Waals surface area contributed by atoms with Crippen molar-refractivity contribution in [1.82, 2.24) is 5.32 Å². The van der Waals surface area contributed by atoms with Crippen molar-refractivity contribution in [3.05, 3.63) is 59.7 Å². The summed E-state index contributed by atoms with van der Waals surface area (Å²) >= 11 is 0. The molecule has 22 heavy (non-hydrogen) atoms. The molecule has 2 aromatic carbocycles. The van der Waals surface area contributed by atoms with E-state index in [0.29, 0.717) is 17.9 Å². The molecule has 0 saturated carbocycles. The van der Waals surface area contributed by atoms with Gasteiger partial charge in [0.15, 0.2) is 0 Å². The standard InChI is InChI=1S/C17H16N2O3/c20-16(11-18-17(21)12-4-2-1-3-5-12)19-14-6-7-15-13(10-14)8-9-22-15/h1-7,10H,8-9,11H2,(H,18,21)(H,19,20). The van der Waals surface area contributed by atoms with E-state index in [1.165, 1.54) is 0 Å².